The number of benzene rings is 2. The summed E-state index contributed by atoms with van der Waals surface area (Å²) < 4.78 is 0. The van der Waals surface area contributed by atoms with E-state index in [1.54, 1.807) is 11.1 Å². The molecule has 0 bridgehead atoms. The number of aliphatic imine (C=N–C) groups is 1. The van der Waals surface area contributed by atoms with Crippen LogP contribution < -0.4 is 4.90 Å². The quantitative estimate of drug-likeness (QED) is 0.504. The van der Waals surface area contributed by atoms with Crippen molar-refractivity contribution in [3.05, 3.63) is 95.0 Å². The van der Waals surface area contributed by atoms with E-state index in [9.17, 15) is 4.79 Å². The Hall–Kier alpha value is -3.18. The molecule has 0 atom stereocenters. The second-order valence-corrected chi connectivity index (χ2v) is 8.00. The lowest BCUT2D eigenvalue weighted by atomic mass is 10.0. The van der Waals surface area contributed by atoms with Crippen molar-refractivity contribution in [2.24, 2.45) is 4.99 Å². The molecule has 0 saturated carbocycles. The van der Waals surface area contributed by atoms with E-state index in [0.717, 1.165) is 11.3 Å². The van der Waals surface area contributed by atoms with E-state index < -0.39 is 0 Å². The van der Waals surface area contributed by atoms with Gasteiger partial charge >= 0.3 is 0 Å². The van der Waals surface area contributed by atoms with Crippen LogP contribution in [0, 0.1) is 0 Å². The number of pyridine rings is 1. The van der Waals surface area contributed by atoms with Crippen molar-refractivity contribution >= 4 is 40.4 Å². The minimum absolute atomic E-state index is 0.0798. The number of amidine groups is 1. The van der Waals surface area contributed by atoms with Gasteiger partial charge in [0.05, 0.1) is 10.6 Å². The number of nitrogens with zero attached hydrogens (tertiary/aromatic N) is 3. The fourth-order valence-corrected chi connectivity index (χ4v) is 3.99. The maximum Gasteiger partial charge on any atom is 0.271 e. The first-order valence-corrected chi connectivity index (χ1v) is 10.3. The highest BCUT2D eigenvalue weighted by atomic mass is 32.2. The monoisotopic (exact) mass is 399 g/mol. The molecule has 5 heteroatoms. The molecule has 1 aromatic heterocycles. The van der Waals surface area contributed by atoms with Gasteiger partial charge in [-0.2, -0.15) is 0 Å². The zero-order valence-electron chi connectivity index (χ0n) is 16.3. The van der Waals surface area contributed by atoms with E-state index >= 15 is 0 Å². The van der Waals surface area contributed by atoms with Crippen LogP contribution in [0.2, 0.25) is 0 Å². The Labute approximate surface area is 175 Å². The molecule has 0 N–H and O–H groups in total. The number of carbonyl (C=O) groups is 1. The average Bonchev–Trinajstić information content (AvgIpc) is 3.04. The van der Waals surface area contributed by atoms with Gasteiger partial charge in [-0.15, -0.1) is 0 Å². The zero-order valence-corrected chi connectivity index (χ0v) is 17.1. The van der Waals surface area contributed by atoms with E-state index in [1.165, 1.54) is 17.3 Å². The van der Waals surface area contributed by atoms with Gasteiger partial charge in [0.15, 0.2) is 11.0 Å². The Morgan fingerprint density at radius 2 is 1.69 bits per heavy atom. The highest BCUT2D eigenvalue weighted by Gasteiger charge is 2.34. The van der Waals surface area contributed by atoms with Crippen LogP contribution in [0.1, 0.15) is 30.9 Å². The summed E-state index contributed by atoms with van der Waals surface area (Å²) in [4.78, 5) is 24.4. The van der Waals surface area contributed by atoms with Crippen molar-refractivity contribution in [1.29, 1.82) is 0 Å². The Bertz CT molecular complexity index is 1060. The average molecular weight is 400 g/mol. The summed E-state index contributed by atoms with van der Waals surface area (Å²) in [6, 6.07) is 23.5. The number of anilines is 1. The van der Waals surface area contributed by atoms with Crippen molar-refractivity contribution in [2.75, 3.05) is 4.90 Å². The van der Waals surface area contributed by atoms with Crippen LogP contribution in [0.3, 0.4) is 0 Å². The number of carbonyl (C=O) groups excluding carboxylic acids is 1. The molecule has 3 aromatic rings. The summed E-state index contributed by atoms with van der Waals surface area (Å²) in [5, 5.41) is 0.602. The van der Waals surface area contributed by atoms with Crippen LogP contribution in [-0.4, -0.2) is 16.1 Å². The molecular weight excluding hydrogens is 378 g/mol. The minimum Gasteiger partial charge on any atom is -0.268 e. The predicted octanol–water partition coefficient (Wildman–Crippen LogP) is 6.01. The molecular formula is C24H21N3OS. The van der Waals surface area contributed by atoms with Gasteiger partial charge in [0, 0.05) is 6.20 Å². The third-order valence-electron chi connectivity index (χ3n) is 4.58. The molecule has 1 amide bonds. The second kappa shape index (κ2) is 8.45. The van der Waals surface area contributed by atoms with Crippen molar-refractivity contribution in [1.82, 2.24) is 4.98 Å². The van der Waals surface area contributed by atoms with Gasteiger partial charge in [0.2, 0.25) is 0 Å². The fourth-order valence-electron chi connectivity index (χ4n) is 3.00. The van der Waals surface area contributed by atoms with Crippen molar-refractivity contribution in [2.45, 2.75) is 19.8 Å². The predicted molar refractivity (Wildman–Crippen MR) is 121 cm³/mol. The van der Waals surface area contributed by atoms with E-state index in [-0.39, 0.29) is 5.91 Å². The maximum absolute atomic E-state index is 13.2. The van der Waals surface area contributed by atoms with Crippen LogP contribution in [0.5, 0.6) is 0 Å². The largest absolute Gasteiger partial charge is 0.271 e. The van der Waals surface area contributed by atoms with E-state index in [0.29, 0.717) is 21.8 Å². The fraction of sp³-hybridized carbons (Fsp3) is 0.125. The van der Waals surface area contributed by atoms with Crippen molar-refractivity contribution in [3.63, 3.8) is 0 Å². The number of amides is 1. The van der Waals surface area contributed by atoms with Crippen molar-refractivity contribution < 1.29 is 4.79 Å². The molecule has 29 heavy (non-hydrogen) atoms. The molecule has 0 radical (unpaired) electrons. The Morgan fingerprint density at radius 3 is 2.34 bits per heavy atom. The normalized spacial score (nSPS) is 16.9. The lowest BCUT2D eigenvalue weighted by Gasteiger charge is -2.15. The van der Waals surface area contributed by atoms with Gasteiger partial charge in [-0.3, -0.25) is 9.69 Å². The number of aromatic nitrogens is 1. The molecule has 4 nitrogen and oxygen atoms in total. The summed E-state index contributed by atoms with van der Waals surface area (Å²) in [5.74, 6) is 0.972. The molecule has 0 spiro atoms. The van der Waals surface area contributed by atoms with Gasteiger partial charge in [-0.1, -0.05) is 62.4 Å². The molecule has 2 aromatic carbocycles. The van der Waals surface area contributed by atoms with Gasteiger partial charge in [-0.05, 0) is 59.1 Å². The molecule has 1 aliphatic heterocycles. The van der Waals surface area contributed by atoms with Crippen LogP contribution in [0.4, 0.5) is 11.5 Å². The number of hydrogen-bond donors (Lipinski definition) is 0. The third-order valence-corrected chi connectivity index (χ3v) is 5.55. The topological polar surface area (TPSA) is 45.6 Å². The standard InChI is InChI=1S/C24H21N3OS/c1-17(2)19-13-11-18(12-14-19)16-21-23(28)27(20-8-4-3-5-9-20)24(29-21)26-22-10-6-7-15-25-22/h3-17H,1-2H3/b21-16-,26-24+. The van der Waals surface area contributed by atoms with Crippen LogP contribution >= 0.6 is 11.8 Å². The highest BCUT2D eigenvalue weighted by Crippen LogP contribution is 2.37. The van der Waals surface area contributed by atoms with E-state index in [2.05, 4.69) is 48.1 Å². The number of para-hydroxylation sites is 1. The maximum atomic E-state index is 13.2. The number of hydrogen-bond acceptors (Lipinski definition) is 4. The Balaban J connectivity index is 1.72. The summed E-state index contributed by atoms with van der Waals surface area (Å²) in [6.45, 7) is 4.34. The second-order valence-electron chi connectivity index (χ2n) is 6.99. The number of rotatable bonds is 4. The summed E-state index contributed by atoms with van der Waals surface area (Å²) in [6.07, 6.45) is 3.62. The summed E-state index contributed by atoms with van der Waals surface area (Å²) in [5.41, 5.74) is 3.07. The molecule has 2 heterocycles. The Kier molecular flexibility index (Phi) is 5.58. The molecule has 144 valence electrons. The van der Waals surface area contributed by atoms with E-state index in [1.807, 2.05) is 54.6 Å². The lowest BCUT2D eigenvalue weighted by molar-refractivity contribution is -0.113. The van der Waals surface area contributed by atoms with Crippen LogP contribution in [0.15, 0.2) is 88.9 Å². The lowest BCUT2D eigenvalue weighted by Crippen LogP contribution is -2.28. The smallest absolute Gasteiger partial charge is 0.268 e. The van der Waals surface area contributed by atoms with Gasteiger partial charge in [0.25, 0.3) is 5.91 Å². The molecule has 1 saturated heterocycles. The minimum atomic E-state index is -0.0798. The first kappa shape index (κ1) is 19.2. The Morgan fingerprint density at radius 1 is 0.966 bits per heavy atom. The van der Waals surface area contributed by atoms with Crippen molar-refractivity contribution in [3.8, 4) is 0 Å². The highest BCUT2D eigenvalue weighted by molar-refractivity contribution is 8.19. The molecule has 0 aliphatic carbocycles. The number of thioether (sulfide) groups is 1. The molecule has 0 unspecified atom stereocenters. The third kappa shape index (κ3) is 4.30. The summed E-state index contributed by atoms with van der Waals surface area (Å²) >= 11 is 1.37. The van der Waals surface area contributed by atoms with Crippen LogP contribution in [-0.2, 0) is 4.79 Å². The van der Waals surface area contributed by atoms with E-state index in [4.69, 9.17) is 0 Å². The van der Waals surface area contributed by atoms with Gasteiger partial charge in [-0.25, -0.2) is 9.98 Å². The first-order valence-electron chi connectivity index (χ1n) is 9.50. The zero-order chi connectivity index (χ0) is 20.2. The molecule has 1 aliphatic rings. The molecule has 4 rings (SSSR count). The first-order chi connectivity index (χ1) is 14.1. The SMILES string of the molecule is CC(C)c1ccc(/C=C2\S/C(=N/c3ccccn3)N(c3ccccc3)C2=O)cc1. The van der Waals surface area contributed by atoms with Gasteiger partial charge in [0.1, 0.15) is 0 Å². The molecule has 1 fully saturated rings. The van der Waals surface area contributed by atoms with Crippen LogP contribution in [0.25, 0.3) is 6.08 Å². The van der Waals surface area contributed by atoms with Gasteiger partial charge < -0.3 is 0 Å². The summed E-state index contributed by atoms with van der Waals surface area (Å²) in [7, 11) is 0.